The highest BCUT2D eigenvalue weighted by molar-refractivity contribution is 6.00. The van der Waals surface area contributed by atoms with Crippen LogP contribution in [0.2, 0.25) is 0 Å². The van der Waals surface area contributed by atoms with Crippen molar-refractivity contribution in [2.45, 2.75) is 44.2 Å². The molecular formula is C19H22N4. The van der Waals surface area contributed by atoms with E-state index in [4.69, 9.17) is 4.99 Å². The fourth-order valence-corrected chi connectivity index (χ4v) is 3.63. The molecule has 0 unspecified atom stereocenters. The molecule has 4 heteroatoms. The second kappa shape index (κ2) is 6.03. The SMILES string of the molecule is c1ccc(CNC2=Nc3cnccc3NC23CCCCC3)cc1. The summed E-state index contributed by atoms with van der Waals surface area (Å²) in [6, 6.07) is 12.5. The molecule has 0 bridgehead atoms. The van der Waals surface area contributed by atoms with E-state index in [0.717, 1.165) is 36.6 Å². The number of nitrogens with zero attached hydrogens (tertiary/aromatic N) is 2. The molecule has 4 rings (SSSR count). The smallest absolute Gasteiger partial charge is 0.128 e. The van der Waals surface area contributed by atoms with Crippen molar-refractivity contribution in [1.82, 2.24) is 10.3 Å². The molecule has 2 aliphatic rings. The molecule has 1 aliphatic heterocycles. The first-order valence-electron chi connectivity index (χ1n) is 8.45. The maximum absolute atomic E-state index is 4.92. The van der Waals surface area contributed by atoms with Crippen molar-refractivity contribution in [2.75, 3.05) is 5.32 Å². The van der Waals surface area contributed by atoms with Crippen LogP contribution in [0.25, 0.3) is 0 Å². The summed E-state index contributed by atoms with van der Waals surface area (Å²) in [5.74, 6) is 1.07. The highest BCUT2D eigenvalue weighted by Crippen LogP contribution is 2.39. The van der Waals surface area contributed by atoms with Gasteiger partial charge < -0.3 is 10.6 Å². The normalized spacial score (nSPS) is 18.7. The molecule has 1 aromatic heterocycles. The van der Waals surface area contributed by atoms with Crippen LogP contribution in [0.4, 0.5) is 11.4 Å². The van der Waals surface area contributed by atoms with Crippen molar-refractivity contribution >= 4 is 17.2 Å². The molecule has 1 fully saturated rings. The summed E-state index contributed by atoms with van der Waals surface area (Å²) in [6.45, 7) is 0.804. The Bertz CT molecular complexity index is 702. The van der Waals surface area contributed by atoms with Crippen molar-refractivity contribution in [3.63, 3.8) is 0 Å². The highest BCUT2D eigenvalue weighted by atomic mass is 15.2. The van der Waals surface area contributed by atoms with Crippen molar-refractivity contribution in [3.8, 4) is 0 Å². The van der Waals surface area contributed by atoms with Gasteiger partial charge in [0.05, 0.1) is 17.4 Å². The predicted octanol–water partition coefficient (Wildman–Crippen LogP) is 4.03. The van der Waals surface area contributed by atoms with E-state index in [-0.39, 0.29) is 5.54 Å². The molecule has 0 atom stereocenters. The summed E-state index contributed by atoms with van der Waals surface area (Å²) in [6.07, 6.45) is 9.75. The number of pyridine rings is 1. The Balaban J connectivity index is 1.63. The molecular weight excluding hydrogens is 284 g/mol. The largest absolute Gasteiger partial charge is 0.371 e. The van der Waals surface area contributed by atoms with E-state index in [9.17, 15) is 0 Å². The van der Waals surface area contributed by atoms with E-state index in [1.807, 2.05) is 24.5 Å². The van der Waals surface area contributed by atoms with Gasteiger partial charge in [0.1, 0.15) is 11.5 Å². The number of nitrogens with one attached hydrogen (secondary N) is 2. The zero-order valence-corrected chi connectivity index (χ0v) is 13.3. The quantitative estimate of drug-likeness (QED) is 0.880. The van der Waals surface area contributed by atoms with Crippen LogP contribution < -0.4 is 10.6 Å². The summed E-state index contributed by atoms with van der Waals surface area (Å²) >= 11 is 0. The first-order chi connectivity index (χ1) is 11.4. The Kier molecular flexibility index (Phi) is 3.74. The number of aliphatic imine (C=N–C) groups is 1. The van der Waals surface area contributed by atoms with Crippen LogP contribution in [0.15, 0.2) is 53.8 Å². The number of amidine groups is 1. The third-order valence-electron chi connectivity index (χ3n) is 4.87. The number of aromatic nitrogens is 1. The number of hydrogen-bond donors (Lipinski definition) is 2. The minimum atomic E-state index is -0.0403. The molecule has 2 heterocycles. The number of fused-ring (bicyclic) bond motifs is 1. The van der Waals surface area contributed by atoms with Crippen molar-refractivity contribution in [3.05, 3.63) is 54.4 Å². The molecule has 23 heavy (non-hydrogen) atoms. The van der Waals surface area contributed by atoms with E-state index in [0.29, 0.717) is 0 Å². The van der Waals surface area contributed by atoms with E-state index in [2.05, 4.69) is 39.9 Å². The van der Waals surface area contributed by atoms with Gasteiger partial charge in [0.2, 0.25) is 0 Å². The fraction of sp³-hybridized carbons (Fsp3) is 0.368. The van der Waals surface area contributed by atoms with E-state index in [1.165, 1.54) is 24.8 Å². The van der Waals surface area contributed by atoms with E-state index in [1.54, 1.807) is 0 Å². The van der Waals surface area contributed by atoms with Gasteiger partial charge in [0, 0.05) is 12.7 Å². The first-order valence-corrected chi connectivity index (χ1v) is 8.45. The number of benzene rings is 1. The molecule has 0 radical (unpaired) electrons. The molecule has 1 saturated carbocycles. The lowest BCUT2D eigenvalue weighted by Crippen LogP contribution is -2.54. The van der Waals surface area contributed by atoms with Gasteiger partial charge in [-0.3, -0.25) is 4.98 Å². The monoisotopic (exact) mass is 306 g/mol. The van der Waals surface area contributed by atoms with Crippen LogP contribution in [0.1, 0.15) is 37.7 Å². The Hall–Kier alpha value is -2.36. The second-order valence-corrected chi connectivity index (χ2v) is 6.46. The Morgan fingerprint density at radius 2 is 1.87 bits per heavy atom. The van der Waals surface area contributed by atoms with Gasteiger partial charge in [-0.05, 0) is 24.5 Å². The van der Waals surface area contributed by atoms with Crippen LogP contribution in [0.3, 0.4) is 0 Å². The summed E-state index contributed by atoms with van der Waals surface area (Å²) < 4.78 is 0. The Morgan fingerprint density at radius 1 is 1.04 bits per heavy atom. The topological polar surface area (TPSA) is 49.3 Å². The standard InChI is InChI=1S/C19H22N4/c1-3-7-15(8-4-1)13-21-18-19(10-5-2-6-11-19)23-16-9-12-20-14-17(16)22-18/h1,3-4,7-9,12,14,23H,2,5-6,10-11,13H2,(H,21,22). The third-order valence-corrected chi connectivity index (χ3v) is 4.87. The minimum Gasteiger partial charge on any atom is -0.371 e. The number of anilines is 1. The molecule has 1 aliphatic carbocycles. The molecule has 2 aromatic rings. The number of rotatable bonds is 2. The van der Waals surface area contributed by atoms with E-state index >= 15 is 0 Å². The highest BCUT2D eigenvalue weighted by Gasteiger charge is 2.40. The average Bonchev–Trinajstić information content (AvgIpc) is 2.61. The Labute approximate surface area is 137 Å². The first kappa shape index (κ1) is 14.2. The minimum absolute atomic E-state index is 0.0403. The van der Waals surface area contributed by atoms with Gasteiger partial charge in [-0.2, -0.15) is 0 Å². The summed E-state index contributed by atoms with van der Waals surface area (Å²) in [7, 11) is 0. The average molecular weight is 306 g/mol. The molecule has 118 valence electrons. The second-order valence-electron chi connectivity index (χ2n) is 6.46. The van der Waals surface area contributed by atoms with Crippen molar-refractivity contribution in [2.24, 2.45) is 4.99 Å². The van der Waals surface area contributed by atoms with Crippen molar-refractivity contribution in [1.29, 1.82) is 0 Å². The molecule has 2 N–H and O–H groups in total. The number of hydrogen-bond acceptors (Lipinski definition) is 4. The molecule has 1 spiro atoms. The predicted molar refractivity (Wildman–Crippen MR) is 94.1 cm³/mol. The lowest BCUT2D eigenvalue weighted by atomic mass is 9.79. The fourth-order valence-electron chi connectivity index (χ4n) is 3.63. The lowest BCUT2D eigenvalue weighted by molar-refractivity contribution is 0.396. The van der Waals surface area contributed by atoms with Gasteiger partial charge in [0.25, 0.3) is 0 Å². The van der Waals surface area contributed by atoms with E-state index < -0.39 is 0 Å². The zero-order chi connectivity index (χ0) is 15.5. The molecule has 4 nitrogen and oxygen atoms in total. The zero-order valence-electron chi connectivity index (χ0n) is 13.3. The van der Waals surface area contributed by atoms with Gasteiger partial charge >= 0.3 is 0 Å². The van der Waals surface area contributed by atoms with Crippen LogP contribution in [0, 0.1) is 0 Å². The van der Waals surface area contributed by atoms with Crippen LogP contribution in [0.5, 0.6) is 0 Å². The van der Waals surface area contributed by atoms with Crippen LogP contribution in [-0.2, 0) is 6.54 Å². The molecule has 0 amide bonds. The third kappa shape index (κ3) is 2.81. The molecule has 0 saturated heterocycles. The van der Waals surface area contributed by atoms with Gasteiger partial charge in [-0.25, -0.2) is 4.99 Å². The van der Waals surface area contributed by atoms with Gasteiger partial charge in [-0.15, -0.1) is 0 Å². The van der Waals surface area contributed by atoms with Crippen molar-refractivity contribution < 1.29 is 0 Å². The lowest BCUT2D eigenvalue weighted by Gasteiger charge is -2.42. The van der Waals surface area contributed by atoms with Crippen LogP contribution >= 0.6 is 0 Å². The maximum Gasteiger partial charge on any atom is 0.128 e. The summed E-state index contributed by atoms with van der Waals surface area (Å²) in [4.78, 5) is 9.13. The van der Waals surface area contributed by atoms with Crippen LogP contribution in [-0.4, -0.2) is 16.4 Å². The van der Waals surface area contributed by atoms with Gasteiger partial charge in [0.15, 0.2) is 0 Å². The maximum atomic E-state index is 4.92. The summed E-state index contributed by atoms with van der Waals surface area (Å²) in [5.41, 5.74) is 3.27. The summed E-state index contributed by atoms with van der Waals surface area (Å²) in [5, 5.41) is 7.36. The molecule has 1 aromatic carbocycles. The van der Waals surface area contributed by atoms with Gasteiger partial charge in [-0.1, -0.05) is 49.6 Å². The Morgan fingerprint density at radius 3 is 2.70 bits per heavy atom.